The van der Waals surface area contributed by atoms with Crippen LogP contribution in [-0.4, -0.2) is 6.61 Å². The summed E-state index contributed by atoms with van der Waals surface area (Å²) >= 11 is 0. The predicted molar refractivity (Wildman–Crippen MR) is 114 cm³/mol. The lowest BCUT2D eigenvalue weighted by atomic mass is 9.65. The molecule has 3 heteroatoms. The van der Waals surface area contributed by atoms with Crippen molar-refractivity contribution in [3.8, 4) is 5.75 Å². The molecule has 0 aliphatic heterocycles. The third kappa shape index (κ3) is 7.37. The number of hydrogen-bond donors (Lipinski definition) is 0. The van der Waals surface area contributed by atoms with Gasteiger partial charge >= 0.3 is 0 Å². The van der Waals surface area contributed by atoms with E-state index in [2.05, 4.69) is 13.8 Å². The standard InChI is InChI=1S/C25H40F2O/c1-3-5-7-11-21-14-18-25(19-15-21,16-8-6-4-2)17-10-20-28-23-13-9-12-22(26)24(23)27/h9,12-13,21H,3-8,10-11,14-20H2,1-2H3. The highest BCUT2D eigenvalue weighted by molar-refractivity contribution is 5.24. The highest BCUT2D eigenvalue weighted by Crippen LogP contribution is 2.47. The zero-order valence-electron chi connectivity index (χ0n) is 18.1. The molecule has 1 aromatic rings. The molecule has 2 rings (SSSR count). The average molecular weight is 395 g/mol. The fourth-order valence-electron chi connectivity index (χ4n) is 4.86. The van der Waals surface area contributed by atoms with Crippen molar-refractivity contribution in [2.45, 2.75) is 104 Å². The molecule has 0 unspecified atom stereocenters. The van der Waals surface area contributed by atoms with Crippen molar-refractivity contribution in [3.63, 3.8) is 0 Å². The van der Waals surface area contributed by atoms with Crippen molar-refractivity contribution in [2.24, 2.45) is 11.3 Å². The zero-order chi connectivity index (χ0) is 20.2. The van der Waals surface area contributed by atoms with Crippen molar-refractivity contribution in [1.82, 2.24) is 0 Å². The molecule has 0 aromatic heterocycles. The summed E-state index contributed by atoms with van der Waals surface area (Å²) in [5.74, 6) is -0.745. The molecule has 1 fully saturated rings. The summed E-state index contributed by atoms with van der Waals surface area (Å²) < 4.78 is 32.6. The van der Waals surface area contributed by atoms with Gasteiger partial charge in [0.2, 0.25) is 5.82 Å². The molecule has 0 radical (unpaired) electrons. The van der Waals surface area contributed by atoms with Crippen LogP contribution in [0.4, 0.5) is 8.78 Å². The van der Waals surface area contributed by atoms with Crippen molar-refractivity contribution in [3.05, 3.63) is 29.8 Å². The summed E-state index contributed by atoms with van der Waals surface area (Å²) in [6, 6.07) is 4.14. The Morgan fingerprint density at radius 2 is 1.61 bits per heavy atom. The SMILES string of the molecule is CCCCCC1CCC(CCCCC)(CCCOc2cccc(F)c2F)CC1. The molecule has 1 aliphatic rings. The van der Waals surface area contributed by atoms with Gasteiger partial charge in [0.15, 0.2) is 11.6 Å². The van der Waals surface area contributed by atoms with Crippen molar-refractivity contribution >= 4 is 0 Å². The normalized spacial score (nSPS) is 22.4. The Balaban J connectivity index is 1.81. The van der Waals surface area contributed by atoms with Crippen LogP contribution in [0, 0.1) is 23.0 Å². The van der Waals surface area contributed by atoms with E-state index in [1.165, 1.54) is 89.2 Å². The van der Waals surface area contributed by atoms with Crippen LogP contribution >= 0.6 is 0 Å². The fourth-order valence-corrected chi connectivity index (χ4v) is 4.86. The van der Waals surface area contributed by atoms with E-state index < -0.39 is 11.6 Å². The van der Waals surface area contributed by atoms with Crippen LogP contribution < -0.4 is 4.74 Å². The van der Waals surface area contributed by atoms with Gasteiger partial charge in [-0.15, -0.1) is 0 Å². The molecule has 1 aromatic carbocycles. The average Bonchev–Trinajstić information content (AvgIpc) is 2.70. The number of rotatable bonds is 13. The maximum Gasteiger partial charge on any atom is 0.200 e. The van der Waals surface area contributed by atoms with Crippen molar-refractivity contribution in [2.75, 3.05) is 6.61 Å². The maximum atomic E-state index is 13.7. The quantitative estimate of drug-likeness (QED) is 0.305. The second-order valence-electron chi connectivity index (χ2n) is 8.90. The topological polar surface area (TPSA) is 9.23 Å². The molecule has 0 heterocycles. The second-order valence-corrected chi connectivity index (χ2v) is 8.90. The smallest absolute Gasteiger partial charge is 0.200 e. The second kappa shape index (κ2) is 12.4. The lowest BCUT2D eigenvalue weighted by Gasteiger charge is -2.41. The molecule has 28 heavy (non-hydrogen) atoms. The Morgan fingerprint density at radius 3 is 2.32 bits per heavy atom. The molecule has 1 nitrogen and oxygen atoms in total. The van der Waals surface area contributed by atoms with Crippen LogP contribution in [0.3, 0.4) is 0 Å². The molecule has 160 valence electrons. The highest BCUT2D eigenvalue weighted by atomic mass is 19.2. The molecule has 1 aliphatic carbocycles. The molecule has 0 atom stereocenters. The number of unbranched alkanes of at least 4 members (excludes halogenated alkanes) is 4. The third-order valence-corrected chi connectivity index (χ3v) is 6.72. The van der Waals surface area contributed by atoms with Crippen LogP contribution in [-0.2, 0) is 0 Å². The van der Waals surface area contributed by atoms with E-state index in [0.29, 0.717) is 12.0 Å². The largest absolute Gasteiger partial charge is 0.490 e. The minimum Gasteiger partial charge on any atom is -0.490 e. The van der Waals surface area contributed by atoms with Crippen LogP contribution in [0.25, 0.3) is 0 Å². The Hall–Kier alpha value is -1.12. The van der Waals surface area contributed by atoms with Crippen molar-refractivity contribution in [1.29, 1.82) is 0 Å². The molecule has 0 bridgehead atoms. The summed E-state index contributed by atoms with van der Waals surface area (Å²) in [7, 11) is 0. The first-order valence-corrected chi connectivity index (χ1v) is 11.7. The van der Waals surface area contributed by atoms with Crippen LogP contribution in [0.15, 0.2) is 18.2 Å². The Bertz CT molecular complexity index is 549. The molecule has 0 N–H and O–H groups in total. The molecule has 0 spiro atoms. The van der Waals surface area contributed by atoms with Gasteiger partial charge in [0, 0.05) is 0 Å². The molecule has 0 amide bonds. The Morgan fingerprint density at radius 1 is 0.929 bits per heavy atom. The summed E-state index contributed by atoms with van der Waals surface area (Å²) in [6.07, 6.45) is 18.1. The minimum atomic E-state index is -0.868. The number of hydrogen-bond acceptors (Lipinski definition) is 1. The van der Waals surface area contributed by atoms with E-state index in [9.17, 15) is 8.78 Å². The van der Waals surface area contributed by atoms with Gasteiger partial charge in [-0.25, -0.2) is 4.39 Å². The van der Waals surface area contributed by atoms with E-state index in [4.69, 9.17) is 4.74 Å². The van der Waals surface area contributed by atoms with E-state index in [-0.39, 0.29) is 5.75 Å². The van der Waals surface area contributed by atoms with E-state index in [0.717, 1.165) is 24.8 Å². The third-order valence-electron chi connectivity index (χ3n) is 6.72. The predicted octanol–water partition coefficient (Wildman–Crippen LogP) is 8.46. The van der Waals surface area contributed by atoms with Crippen molar-refractivity contribution < 1.29 is 13.5 Å². The molecule has 1 saturated carbocycles. The van der Waals surface area contributed by atoms with E-state index in [1.807, 2.05) is 0 Å². The fraction of sp³-hybridized carbons (Fsp3) is 0.760. The first-order valence-electron chi connectivity index (χ1n) is 11.7. The summed E-state index contributed by atoms with van der Waals surface area (Å²) in [4.78, 5) is 0. The van der Waals surface area contributed by atoms with Gasteiger partial charge in [-0.1, -0.05) is 64.9 Å². The number of halogens is 2. The van der Waals surface area contributed by atoms with Crippen LogP contribution in [0.2, 0.25) is 0 Å². The van der Waals surface area contributed by atoms with E-state index in [1.54, 1.807) is 0 Å². The van der Waals surface area contributed by atoms with Gasteiger partial charge in [0.25, 0.3) is 0 Å². The van der Waals surface area contributed by atoms with Gasteiger partial charge in [0.1, 0.15) is 0 Å². The summed E-state index contributed by atoms with van der Waals surface area (Å²) in [5.41, 5.74) is 0.445. The molecule has 0 saturated heterocycles. The van der Waals surface area contributed by atoms with E-state index >= 15 is 0 Å². The van der Waals surface area contributed by atoms with Gasteiger partial charge < -0.3 is 4.74 Å². The summed E-state index contributed by atoms with van der Waals surface area (Å²) in [5, 5.41) is 0. The molecular weight excluding hydrogens is 354 g/mol. The minimum absolute atomic E-state index is 0.0414. The van der Waals surface area contributed by atoms with Gasteiger partial charge in [-0.2, -0.15) is 4.39 Å². The summed E-state index contributed by atoms with van der Waals surface area (Å²) in [6.45, 7) is 5.01. The Kier molecular flexibility index (Phi) is 10.3. The lowest BCUT2D eigenvalue weighted by molar-refractivity contribution is 0.105. The Labute approximate surface area is 171 Å². The van der Waals surface area contributed by atoms with Gasteiger partial charge in [0.05, 0.1) is 6.61 Å². The maximum absolute atomic E-state index is 13.7. The lowest BCUT2D eigenvalue weighted by Crippen LogP contribution is -2.28. The first-order chi connectivity index (χ1) is 13.6. The number of benzene rings is 1. The van der Waals surface area contributed by atoms with Crippen LogP contribution in [0.5, 0.6) is 5.75 Å². The van der Waals surface area contributed by atoms with Gasteiger partial charge in [-0.3, -0.25) is 0 Å². The van der Waals surface area contributed by atoms with Gasteiger partial charge in [-0.05, 0) is 68.4 Å². The highest BCUT2D eigenvalue weighted by Gasteiger charge is 2.34. The first kappa shape index (κ1) is 23.2. The molecular formula is C25H40F2O. The number of ether oxygens (including phenoxy) is 1. The van der Waals surface area contributed by atoms with Crippen LogP contribution in [0.1, 0.15) is 104 Å². The monoisotopic (exact) mass is 394 g/mol. The zero-order valence-corrected chi connectivity index (χ0v) is 18.1.